The van der Waals surface area contributed by atoms with Crippen molar-refractivity contribution in [3.63, 3.8) is 0 Å². The molecule has 136 valence electrons. The summed E-state index contributed by atoms with van der Waals surface area (Å²) in [5, 5.41) is 5.50. The van der Waals surface area contributed by atoms with Crippen molar-refractivity contribution in [3.05, 3.63) is 41.5 Å². The van der Waals surface area contributed by atoms with Gasteiger partial charge in [0.15, 0.2) is 11.6 Å². The molecule has 1 aromatic carbocycles. The minimum Gasteiger partial charge on any atom is -0.421 e. The summed E-state index contributed by atoms with van der Waals surface area (Å²) in [5.41, 5.74) is 1.52. The Morgan fingerprint density at radius 3 is 2.58 bits per heavy atom. The van der Waals surface area contributed by atoms with Crippen molar-refractivity contribution in [2.45, 2.75) is 26.7 Å². The maximum Gasteiger partial charge on any atom is 0.322 e. The van der Waals surface area contributed by atoms with Gasteiger partial charge in [-0.25, -0.2) is 4.39 Å². The third-order valence-corrected chi connectivity index (χ3v) is 4.17. The van der Waals surface area contributed by atoms with E-state index in [2.05, 4.69) is 20.6 Å². The monoisotopic (exact) mass is 358 g/mol. The summed E-state index contributed by atoms with van der Waals surface area (Å²) in [4.78, 5) is 32.0. The molecule has 2 aromatic rings. The van der Waals surface area contributed by atoms with Gasteiger partial charge in [-0.1, -0.05) is 12.1 Å². The third-order valence-electron chi connectivity index (χ3n) is 4.17. The van der Waals surface area contributed by atoms with Crippen LogP contribution in [0.1, 0.15) is 24.2 Å². The molecule has 26 heavy (non-hydrogen) atoms. The molecule has 0 saturated carbocycles. The summed E-state index contributed by atoms with van der Waals surface area (Å²) in [6.45, 7) is 3.74. The minimum absolute atomic E-state index is 0.00743. The van der Waals surface area contributed by atoms with Gasteiger partial charge in [-0.15, -0.1) is 0 Å². The van der Waals surface area contributed by atoms with Gasteiger partial charge in [-0.05, 0) is 32.4 Å². The van der Waals surface area contributed by atoms with Crippen LogP contribution in [-0.4, -0.2) is 28.3 Å². The van der Waals surface area contributed by atoms with Crippen molar-refractivity contribution >= 4 is 17.5 Å². The van der Waals surface area contributed by atoms with Gasteiger partial charge >= 0.3 is 6.01 Å². The number of nitrogens with one attached hydrogen (secondary N) is 2. The zero-order chi connectivity index (χ0) is 18.7. The van der Waals surface area contributed by atoms with Crippen LogP contribution >= 0.6 is 0 Å². The van der Waals surface area contributed by atoms with Crippen LogP contribution in [0.25, 0.3) is 0 Å². The number of hydrogen-bond donors (Lipinski definition) is 2. The van der Waals surface area contributed by atoms with E-state index >= 15 is 0 Å². The normalized spacial score (nSPS) is 16.7. The largest absolute Gasteiger partial charge is 0.421 e. The number of rotatable bonds is 4. The fourth-order valence-corrected chi connectivity index (χ4v) is 2.72. The molecule has 1 atom stereocenters. The first-order valence-electron chi connectivity index (χ1n) is 8.29. The number of ether oxygens (including phenoxy) is 1. The fraction of sp³-hybridized carbons (Fsp3) is 0.333. The molecule has 7 nitrogen and oxygen atoms in total. The predicted molar refractivity (Wildman–Crippen MR) is 92.3 cm³/mol. The summed E-state index contributed by atoms with van der Waals surface area (Å²) in [6.07, 6.45) is 0.840. The van der Waals surface area contributed by atoms with Gasteiger partial charge in [0.2, 0.25) is 11.8 Å². The first-order chi connectivity index (χ1) is 12.4. The number of amides is 2. The predicted octanol–water partition coefficient (Wildman–Crippen LogP) is 2.49. The van der Waals surface area contributed by atoms with Crippen LogP contribution < -0.4 is 15.4 Å². The molecule has 2 heterocycles. The molecule has 0 radical (unpaired) electrons. The smallest absolute Gasteiger partial charge is 0.322 e. The zero-order valence-corrected chi connectivity index (χ0v) is 14.5. The summed E-state index contributed by atoms with van der Waals surface area (Å²) < 4.78 is 19.1. The van der Waals surface area contributed by atoms with Crippen molar-refractivity contribution in [3.8, 4) is 11.8 Å². The van der Waals surface area contributed by atoms with Crippen LogP contribution in [0.2, 0.25) is 0 Å². The van der Waals surface area contributed by atoms with E-state index in [-0.39, 0.29) is 29.5 Å². The molecule has 0 aliphatic carbocycles. The Hall–Kier alpha value is -3.03. The van der Waals surface area contributed by atoms with Gasteiger partial charge in [0.1, 0.15) is 0 Å². The number of piperidine rings is 1. The molecule has 1 aliphatic heterocycles. The topological polar surface area (TPSA) is 93.2 Å². The second-order valence-electron chi connectivity index (χ2n) is 6.11. The standard InChI is InChI=1S/C18H19FN4O3/c1-10-16(23-17(25)12-7-8-15(24)20-9-12)11(2)22-18(21-10)26-14-6-4-3-5-13(14)19/h3-6,12H,7-9H2,1-2H3,(H,20,24)(H,23,25). The lowest BCUT2D eigenvalue weighted by Gasteiger charge is -2.22. The molecule has 1 unspecified atom stereocenters. The molecule has 3 rings (SSSR count). The Bertz CT molecular complexity index is 823. The second-order valence-corrected chi connectivity index (χ2v) is 6.11. The highest BCUT2D eigenvalue weighted by molar-refractivity contribution is 5.94. The molecule has 2 N–H and O–H groups in total. The van der Waals surface area contributed by atoms with Crippen molar-refractivity contribution < 1.29 is 18.7 Å². The van der Waals surface area contributed by atoms with E-state index in [0.717, 1.165) is 0 Å². The van der Waals surface area contributed by atoms with Crippen LogP contribution in [0.5, 0.6) is 11.8 Å². The lowest BCUT2D eigenvalue weighted by atomic mass is 9.98. The highest BCUT2D eigenvalue weighted by Crippen LogP contribution is 2.25. The lowest BCUT2D eigenvalue weighted by Crippen LogP contribution is -2.40. The number of aryl methyl sites for hydroxylation is 2. The molecule has 8 heteroatoms. The third kappa shape index (κ3) is 3.96. The van der Waals surface area contributed by atoms with E-state index in [1.807, 2.05) is 0 Å². The highest BCUT2D eigenvalue weighted by atomic mass is 19.1. The van der Waals surface area contributed by atoms with Gasteiger partial charge in [-0.2, -0.15) is 9.97 Å². The SMILES string of the molecule is Cc1nc(Oc2ccccc2F)nc(C)c1NC(=O)C1CCC(=O)NC1. The van der Waals surface area contributed by atoms with Gasteiger partial charge in [0.25, 0.3) is 0 Å². The van der Waals surface area contributed by atoms with Crippen molar-refractivity contribution in [1.29, 1.82) is 0 Å². The first-order valence-corrected chi connectivity index (χ1v) is 8.29. The summed E-state index contributed by atoms with van der Waals surface area (Å²) in [6, 6.07) is 5.98. The van der Waals surface area contributed by atoms with E-state index in [4.69, 9.17) is 4.74 Å². The lowest BCUT2D eigenvalue weighted by molar-refractivity contribution is -0.126. The second kappa shape index (κ2) is 7.47. The number of para-hydroxylation sites is 1. The first kappa shape index (κ1) is 17.8. The molecule has 0 bridgehead atoms. The van der Waals surface area contributed by atoms with Gasteiger partial charge in [-0.3, -0.25) is 9.59 Å². The van der Waals surface area contributed by atoms with Crippen LogP contribution in [0.4, 0.5) is 10.1 Å². The van der Waals surface area contributed by atoms with Crippen LogP contribution in [0, 0.1) is 25.6 Å². The summed E-state index contributed by atoms with van der Waals surface area (Å²) >= 11 is 0. The average molecular weight is 358 g/mol. The van der Waals surface area contributed by atoms with E-state index < -0.39 is 5.82 Å². The number of nitrogens with zero attached hydrogens (tertiary/aromatic N) is 2. The molecular weight excluding hydrogens is 339 g/mol. The Balaban J connectivity index is 1.74. The number of aromatic nitrogens is 2. The number of benzene rings is 1. The summed E-state index contributed by atoms with van der Waals surface area (Å²) in [7, 11) is 0. The van der Waals surface area contributed by atoms with E-state index in [0.29, 0.717) is 36.5 Å². The molecule has 1 fully saturated rings. The quantitative estimate of drug-likeness (QED) is 0.876. The molecule has 1 saturated heterocycles. The van der Waals surface area contributed by atoms with Gasteiger partial charge < -0.3 is 15.4 Å². The van der Waals surface area contributed by atoms with E-state index in [9.17, 15) is 14.0 Å². The molecular formula is C18H19FN4O3. The average Bonchev–Trinajstić information content (AvgIpc) is 2.60. The maximum atomic E-state index is 13.7. The van der Waals surface area contributed by atoms with Crippen molar-refractivity contribution in [2.75, 3.05) is 11.9 Å². The van der Waals surface area contributed by atoms with Gasteiger partial charge in [0, 0.05) is 13.0 Å². The Kier molecular flexibility index (Phi) is 5.11. The van der Waals surface area contributed by atoms with Crippen molar-refractivity contribution in [2.24, 2.45) is 5.92 Å². The van der Waals surface area contributed by atoms with Gasteiger partial charge in [0.05, 0.1) is 23.0 Å². The minimum atomic E-state index is -0.511. The number of hydrogen-bond acceptors (Lipinski definition) is 5. The van der Waals surface area contributed by atoms with E-state index in [1.165, 1.54) is 12.1 Å². The maximum absolute atomic E-state index is 13.7. The van der Waals surface area contributed by atoms with Crippen LogP contribution in [0.15, 0.2) is 24.3 Å². The Labute approximate surface area is 150 Å². The number of carbonyl (C=O) groups is 2. The molecule has 1 aromatic heterocycles. The molecule has 1 aliphatic rings. The highest BCUT2D eigenvalue weighted by Gasteiger charge is 2.25. The molecule has 2 amide bonds. The number of anilines is 1. The number of halogens is 1. The Morgan fingerprint density at radius 1 is 1.27 bits per heavy atom. The fourth-order valence-electron chi connectivity index (χ4n) is 2.72. The summed E-state index contributed by atoms with van der Waals surface area (Å²) in [5.74, 6) is -1.01. The molecule has 0 spiro atoms. The van der Waals surface area contributed by atoms with E-state index in [1.54, 1.807) is 26.0 Å². The van der Waals surface area contributed by atoms with Crippen LogP contribution in [-0.2, 0) is 9.59 Å². The van der Waals surface area contributed by atoms with Crippen molar-refractivity contribution in [1.82, 2.24) is 15.3 Å². The Morgan fingerprint density at radius 2 is 1.96 bits per heavy atom. The number of carbonyl (C=O) groups excluding carboxylic acids is 2. The zero-order valence-electron chi connectivity index (χ0n) is 14.5. The van der Waals surface area contributed by atoms with Crippen LogP contribution in [0.3, 0.4) is 0 Å².